The van der Waals surface area contributed by atoms with Gasteiger partial charge in [0, 0.05) is 49.7 Å². The predicted molar refractivity (Wildman–Crippen MR) is 123 cm³/mol. The molecule has 0 atom stereocenters. The lowest BCUT2D eigenvalue weighted by Gasteiger charge is -2.21. The Balaban J connectivity index is 1.73. The monoisotopic (exact) mass is 429 g/mol. The normalized spacial score (nSPS) is 15.9. The third-order valence-corrected chi connectivity index (χ3v) is 7.45. The molecule has 1 aliphatic heterocycles. The molecule has 0 aromatic heterocycles. The molecule has 0 saturated carbocycles. The highest BCUT2D eigenvalue weighted by atomic mass is 32.2. The molecule has 6 nitrogen and oxygen atoms in total. The van der Waals surface area contributed by atoms with E-state index in [4.69, 9.17) is 0 Å². The highest BCUT2D eigenvalue weighted by molar-refractivity contribution is 7.89. The van der Waals surface area contributed by atoms with Gasteiger partial charge in [0.1, 0.15) is 5.75 Å². The van der Waals surface area contributed by atoms with Gasteiger partial charge in [0.15, 0.2) is 0 Å². The number of aliphatic imine (C=N–C) groups is 1. The Morgan fingerprint density at radius 3 is 2.20 bits per heavy atom. The zero-order valence-corrected chi connectivity index (χ0v) is 18.6. The van der Waals surface area contributed by atoms with Crippen LogP contribution in [0, 0.1) is 0 Å². The lowest BCUT2D eigenvalue weighted by atomic mass is 10.2. The van der Waals surface area contributed by atoms with E-state index in [1.807, 2.05) is 12.1 Å². The maximum Gasteiger partial charge on any atom is 0.243 e. The fourth-order valence-electron chi connectivity index (χ4n) is 3.71. The van der Waals surface area contributed by atoms with Crippen molar-refractivity contribution in [2.24, 2.45) is 4.99 Å². The number of hydrogen-bond acceptors (Lipinski definition) is 5. The van der Waals surface area contributed by atoms with Crippen LogP contribution in [-0.4, -0.2) is 50.2 Å². The first kappa shape index (κ1) is 22.3. The van der Waals surface area contributed by atoms with Gasteiger partial charge in [-0.15, -0.1) is 0 Å². The molecule has 1 N–H and O–H groups in total. The Bertz CT molecular complexity index is 960. The first-order chi connectivity index (χ1) is 14.5. The lowest BCUT2D eigenvalue weighted by Crippen LogP contribution is -2.31. The average molecular weight is 430 g/mol. The van der Waals surface area contributed by atoms with E-state index >= 15 is 0 Å². The van der Waals surface area contributed by atoms with Crippen LogP contribution in [0.4, 0.5) is 11.4 Å². The van der Waals surface area contributed by atoms with E-state index < -0.39 is 10.0 Å². The zero-order chi connectivity index (χ0) is 21.6. The molecule has 0 bridgehead atoms. The smallest absolute Gasteiger partial charge is 0.243 e. The van der Waals surface area contributed by atoms with E-state index in [0.717, 1.165) is 44.5 Å². The summed E-state index contributed by atoms with van der Waals surface area (Å²) < 4.78 is 27.3. The highest BCUT2D eigenvalue weighted by Gasteiger charge is 2.24. The topological polar surface area (TPSA) is 73.2 Å². The minimum Gasteiger partial charge on any atom is -0.507 e. The first-order valence-corrected chi connectivity index (χ1v) is 12.1. The summed E-state index contributed by atoms with van der Waals surface area (Å²) in [6.07, 6.45) is 5.60. The second-order valence-electron chi connectivity index (χ2n) is 7.49. The van der Waals surface area contributed by atoms with Crippen molar-refractivity contribution in [1.29, 1.82) is 0 Å². The Morgan fingerprint density at radius 2 is 1.63 bits per heavy atom. The van der Waals surface area contributed by atoms with Crippen molar-refractivity contribution in [1.82, 2.24) is 4.31 Å². The van der Waals surface area contributed by atoms with Gasteiger partial charge in [0.2, 0.25) is 10.0 Å². The Labute approximate surface area is 179 Å². The number of benzene rings is 2. The van der Waals surface area contributed by atoms with Crippen molar-refractivity contribution in [2.45, 2.75) is 44.4 Å². The minimum atomic E-state index is -3.46. The molecule has 0 radical (unpaired) electrons. The molecule has 2 aromatic carbocycles. The fourth-order valence-corrected chi connectivity index (χ4v) is 5.22. The molecule has 0 amide bonds. The van der Waals surface area contributed by atoms with E-state index in [1.165, 1.54) is 0 Å². The van der Waals surface area contributed by atoms with Crippen LogP contribution < -0.4 is 4.90 Å². The van der Waals surface area contributed by atoms with E-state index in [-0.39, 0.29) is 5.75 Å². The standard InChI is InChI=1S/C23H31N3O3S/c1-3-25(4-2)21-12-9-19(23(27)17-21)18-24-20-10-13-22(14-11-20)30(28,29)26-15-7-5-6-8-16-26/h9-14,17-18,27H,3-8,15-16H2,1-2H3. The number of phenols is 1. The number of anilines is 1. The summed E-state index contributed by atoms with van der Waals surface area (Å²) in [5, 5.41) is 10.3. The Hall–Kier alpha value is -2.38. The molecule has 162 valence electrons. The number of hydrogen-bond donors (Lipinski definition) is 1. The van der Waals surface area contributed by atoms with Gasteiger partial charge >= 0.3 is 0 Å². The van der Waals surface area contributed by atoms with Crippen LogP contribution >= 0.6 is 0 Å². The summed E-state index contributed by atoms with van der Waals surface area (Å²) in [5.74, 6) is 0.170. The maximum absolute atomic E-state index is 12.9. The van der Waals surface area contributed by atoms with Crippen LogP contribution in [0.5, 0.6) is 5.75 Å². The molecule has 3 rings (SSSR count). The van der Waals surface area contributed by atoms with E-state index in [9.17, 15) is 13.5 Å². The number of phenolic OH excluding ortho intramolecular Hbond substituents is 1. The third-order valence-electron chi connectivity index (χ3n) is 5.53. The second kappa shape index (κ2) is 10.1. The molecular formula is C23H31N3O3S. The molecular weight excluding hydrogens is 398 g/mol. The van der Waals surface area contributed by atoms with Gasteiger partial charge in [-0.25, -0.2) is 8.42 Å². The molecule has 30 heavy (non-hydrogen) atoms. The first-order valence-electron chi connectivity index (χ1n) is 10.7. The molecule has 0 unspecified atom stereocenters. The molecule has 1 aliphatic rings. The van der Waals surface area contributed by atoms with Crippen LogP contribution in [0.3, 0.4) is 0 Å². The van der Waals surface area contributed by atoms with Crippen LogP contribution in [0.15, 0.2) is 52.4 Å². The SMILES string of the molecule is CCN(CC)c1ccc(C=Nc2ccc(S(=O)(=O)N3CCCCCC3)cc2)c(O)c1. The summed E-state index contributed by atoms with van der Waals surface area (Å²) in [5.41, 5.74) is 2.22. The van der Waals surface area contributed by atoms with E-state index in [2.05, 4.69) is 23.7 Å². The summed E-state index contributed by atoms with van der Waals surface area (Å²) >= 11 is 0. The van der Waals surface area contributed by atoms with E-state index in [1.54, 1.807) is 40.9 Å². The lowest BCUT2D eigenvalue weighted by molar-refractivity contribution is 0.424. The van der Waals surface area contributed by atoms with Crippen LogP contribution in [0.1, 0.15) is 45.1 Å². The Kier molecular flexibility index (Phi) is 7.50. The summed E-state index contributed by atoms with van der Waals surface area (Å²) in [6.45, 7) is 7.07. The largest absolute Gasteiger partial charge is 0.507 e. The second-order valence-corrected chi connectivity index (χ2v) is 9.42. The number of sulfonamides is 1. The molecule has 1 heterocycles. The fraction of sp³-hybridized carbons (Fsp3) is 0.435. The number of aromatic hydroxyl groups is 1. The summed E-state index contributed by atoms with van der Waals surface area (Å²) in [6, 6.07) is 12.2. The minimum absolute atomic E-state index is 0.170. The van der Waals surface area contributed by atoms with E-state index in [0.29, 0.717) is 29.2 Å². The van der Waals surface area contributed by atoms with Gasteiger partial charge in [-0.2, -0.15) is 4.31 Å². The molecule has 1 saturated heterocycles. The molecule has 2 aromatic rings. The molecule has 0 aliphatic carbocycles. The van der Waals surface area contributed by atoms with Crippen molar-refractivity contribution in [2.75, 3.05) is 31.1 Å². The highest BCUT2D eigenvalue weighted by Crippen LogP contribution is 2.25. The number of nitrogens with zero attached hydrogens (tertiary/aromatic N) is 3. The van der Waals surface area contributed by atoms with Gasteiger partial charge in [0.05, 0.1) is 10.6 Å². The molecule has 7 heteroatoms. The Morgan fingerprint density at radius 1 is 1.00 bits per heavy atom. The maximum atomic E-state index is 12.9. The van der Waals surface area contributed by atoms with Gasteiger partial charge < -0.3 is 10.0 Å². The number of rotatable bonds is 7. The molecule has 1 fully saturated rings. The third kappa shape index (κ3) is 5.21. The van der Waals surface area contributed by atoms with Gasteiger partial charge in [-0.05, 0) is 63.1 Å². The van der Waals surface area contributed by atoms with Crippen molar-refractivity contribution >= 4 is 27.6 Å². The predicted octanol–water partition coefficient (Wildman–Crippen LogP) is 4.55. The summed E-state index contributed by atoms with van der Waals surface area (Å²) in [7, 11) is -3.46. The van der Waals surface area contributed by atoms with Crippen LogP contribution in [-0.2, 0) is 10.0 Å². The van der Waals surface area contributed by atoms with Gasteiger partial charge in [-0.3, -0.25) is 4.99 Å². The summed E-state index contributed by atoms with van der Waals surface area (Å²) in [4.78, 5) is 6.85. The van der Waals surface area contributed by atoms with Crippen LogP contribution in [0.2, 0.25) is 0 Å². The van der Waals surface area contributed by atoms with Gasteiger partial charge in [0.25, 0.3) is 0 Å². The zero-order valence-electron chi connectivity index (χ0n) is 17.8. The molecule has 0 spiro atoms. The van der Waals surface area contributed by atoms with Crippen molar-refractivity contribution < 1.29 is 13.5 Å². The average Bonchev–Trinajstić information content (AvgIpc) is 3.04. The van der Waals surface area contributed by atoms with Crippen molar-refractivity contribution in [3.8, 4) is 5.75 Å². The quantitative estimate of drug-likeness (QED) is 0.655. The van der Waals surface area contributed by atoms with Crippen molar-refractivity contribution in [3.63, 3.8) is 0 Å². The van der Waals surface area contributed by atoms with Crippen LogP contribution in [0.25, 0.3) is 0 Å². The van der Waals surface area contributed by atoms with Crippen molar-refractivity contribution in [3.05, 3.63) is 48.0 Å². The van der Waals surface area contributed by atoms with Gasteiger partial charge in [-0.1, -0.05) is 12.8 Å².